The highest BCUT2D eigenvalue weighted by Crippen LogP contribution is 2.40. The number of amides is 3. The van der Waals surface area contributed by atoms with E-state index in [4.69, 9.17) is 9.15 Å². The summed E-state index contributed by atoms with van der Waals surface area (Å²) in [6.45, 7) is 11.3. The molecule has 4 rings (SSSR count). The highest BCUT2D eigenvalue weighted by atomic mass is 16.5. The van der Waals surface area contributed by atoms with Crippen molar-refractivity contribution in [1.29, 1.82) is 0 Å². The molecule has 1 atom stereocenters. The normalized spacial score (nSPS) is 19.2. The zero-order chi connectivity index (χ0) is 29.4. The summed E-state index contributed by atoms with van der Waals surface area (Å²) in [6, 6.07) is 5.45. The first-order chi connectivity index (χ1) is 18.7. The van der Waals surface area contributed by atoms with Crippen LogP contribution in [0.1, 0.15) is 67.5 Å². The number of hydrogen-bond acceptors (Lipinski definition) is 7. The summed E-state index contributed by atoms with van der Waals surface area (Å²) in [5, 5.41) is 12.6. The second-order valence-corrected chi connectivity index (χ2v) is 11.7. The molecule has 1 aliphatic heterocycles. The van der Waals surface area contributed by atoms with Gasteiger partial charge in [0, 0.05) is 68.8 Å². The zero-order valence-corrected chi connectivity index (χ0v) is 24.0. The molecule has 2 heterocycles. The van der Waals surface area contributed by atoms with Crippen LogP contribution in [0.2, 0.25) is 0 Å². The molecule has 11 nitrogen and oxygen atoms in total. The van der Waals surface area contributed by atoms with Gasteiger partial charge in [0.25, 0.3) is 5.91 Å². The number of carbonyl (C=O) groups excluding carboxylic acids is 3. The zero-order valence-electron chi connectivity index (χ0n) is 24.0. The lowest BCUT2D eigenvalue weighted by molar-refractivity contribution is -0.129. The second kappa shape index (κ2) is 10.9. The van der Waals surface area contributed by atoms with Crippen LogP contribution in [0.4, 0.5) is 16.2 Å². The molecular weight excluding hydrogens is 516 g/mol. The Morgan fingerprint density at radius 3 is 2.42 bits per heavy atom. The topological polar surface area (TPSA) is 133 Å². The fourth-order valence-corrected chi connectivity index (χ4v) is 5.34. The highest BCUT2D eigenvalue weighted by molar-refractivity contribution is 6.15. The second-order valence-electron chi connectivity index (χ2n) is 11.7. The summed E-state index contributed by atoms with van der Waals surface area (Å²) in [7, 11) is 1.51. The molecule has 1 aliphatic carbocycles. The molecule has 1 aromatic heterocycles. The predicted octanol–water partition coefficient (Wildman–Crippen LogP) is 4.12. The van der Waals surface area contributed by atoms with Crippen LogP contribution in [0.5, 0.6) is 5.75 Å². The summed E-state index contributed by atoms with van der Waals surface area (Å²) < 4.78 is 11.2. The van der Waals surface area contributed by atoms with E-state index in [-0.39, 0.29) is 29.4 Å². The van der Waals surface area contributed by atoms with Crippen LogP contribution in [0.25, 0.3) is 0 Å². The number of hydrogen-bond donors (Lipinski definition) is 2. The molecule has 1 saturated heterocycles. The van der Waals surface area contributed by atoms with Gasteiger partial charge in [-0.1, -0.05) is 6.92 Å². The minimum Gasteiger partial charge on any atom is -0.494 e. The van der Waals surface area contributed by atoms with E-state index < -0.39 is 23.0 Å². The molecule has 3 amide bonds. The van der Waals surface area contributed by atoms with Crippen molar-refractivity contribution in [2.45, 2.75) is 53.0 Å². The third-order valence-electron chi connectivity index (χ3n) is 7.86. The Morgan fingerprint density at radius 1 is 1.18 bits per heavy atom. The molecule has 1 unspecified atom stereocenters. The first-order valence-corrected chi connectivity index (χ1v) is 13.4. The van der Waals surface area contributed by atoms with E-state index in [0.717, 1.165) is 5.69 Å². The van der Waals surface area contributed by atoms with Gasteiger partial charge < -0.3 is 34.3 Å². The van der Waals surface area contributed by atoms with Crippen molar-refractivity contribution in [3.8, 4) is 5.75 Å². The van der Waals surface area contributed by atoms with Crippen LogP contribution in [-0.4, -0.2) is 84.0 Å². The Bertz CT molecular complexity index is 1320. The minimum absolute atomic E-state index is 0.00626. The predicted molar refractivity (Wildman–Crippen MR) is 149 cm³/mol. The molecule has 2 aliphatic rings. The number of nitrogens with zero attached hydrogens (tertiary/aromatic N) is 3. The minimum atomic E-state index is -1.10. The van der Waals surface area contributed by atoms with Crippen LogP contribution < -0.4 is 15.0 Å². The van der Waals surface area contributed by atoms with Gasteiger partial charge in [-0.15, -0.1) is 0 Å². The maximum Gasteiger partial charge on any atom is 0.407 e. The van der Waals surface area contributed by atoms with Crippen molar-refractivity contribution in [3.05, 3.63) is 41.3 Å². The van der Waals surface area contributed by atoms with E-state index in [9.17, 15) is 24.3 Å². The summed E-state index contributed by atoms with van der Waals surface area (Å²) in [5.41, 5.74) is -0.0608. The number of carboxylic acid groups (broad SMARTS) is 1. The summed E-state index contributed by atoms with van der Waals surface area (Å²) in [5.74, 6) is 0.113. The number of aryl methyl sites for hydroxylation is 1. The van der Waals surface area contributed by atoms with Crippen molar-refractivity contribution in [2.75, 3.05) is 50.1 Å². The number of furan rings is 1. The van der Waals surface area contributed by atoms with Gasteiger partial charge in [-0.3, -0.25) is 14.4 Å². The van der Waals surface area contributed by atoms with Crippen molar-refractivity contribution < 1.29 is 33.4 Å². The third kappa shape index (κ3) is 5.64. The van der Waals surface area contributed by atoms with E-state index in [0.29, 0.717) is 56.2 Å². The maximum atomic E-state index is 13.8. The average molecular weight is 555 g/mol. The van der Waals surface area contributed by atoms with Gasteiger partial charge in [0.15, 0.2) is 5.78 Å². The maximum absolute atomic E-state index is 13.8. The number of ether oxygens (including phenoxy) is 1. The van der Waals surface area contributed by atoms with Gasteiger partial charge in [-0.25, -0.2) is 4.79 Å². The molecule has 0 radical (unpaired) electrons. The fourth-order valence-electron chi connectivity index (χ4n) is 5.34. The number of fused-ring (bicyclic) bond motifs is 1. The molecule has 1 aromatic carbocycles. The van der Waals surface area contributed by atoms with E-state index in [1.165, 1.54) is 18.3 Å². The SMILES string of the molecule is COc1cc(N2CCN(C(C)=O)CC2)ccc1NC(=O)c1coc2c1C(=O)C(C)(CN(C(=O)O)C(C)(C)C)CC2. The molecule has 40 heavy (non-hydrogen) atoms. The van der Waals surface area contributed by atoms with E-state index in [2.05, 4.69) is 10.2 Å². The van der Waals surface area contributed by atoms with Gasteiger partial charge in [-0.05, 0) is 39.3 Å². The van der Waals surface area contributed by atoms with Gasteiger partial charge in [0.1, 0.15) is 17.8 Å². The Morgan fingerprint density at radius 2 is 1.85 bits per heavy atom. The number of anilines is 2. The summed E-state index contributed by atoms with van der Waals surface area (Å²) in [4.78, 5) is 56.0. The highest BCUT2D eigenvalue weighted by Gasteiger charge is 2.46. The van der Waals surface area contributed by atoms with Crippen LogP contribution in [0.3, 0.4) is 0 Å². The molecule has 2 aromatic rings. The van der Waals surface area contributed by atoms with Gasteiger partial charge in [0.2, 0.25) is 5.91 Å². The van der Waals surface area contributed by atoms with Gasteiger partial charge >= 0.3 is 6.09 Å². The molecule has 0 bridgehead atoms. The van der Waals surface area contributed by atoms with Gasteiger partial charge in [0.05, 0.1) is 23.9 Å². The molecule has 0 saturated carbocycles. The van der Waals surface area contributed by atoms with Crippen molar-refractivity contribution in [1.82, 2.24) is 9.80 Å². The fraction of sp³-hybridized carbons (Fsp3) is 0.517. The Kier molecular flexibility index (Phi) is 7.87. The quantitative estimate of drug-likeness (QED) is 0.545. The van der Waals surface area contributed by atoms with Crippen LogP contribution in [0.15, 0.2) is 28.9 Å². The first-order valence-electron chi connectivity index (χ1n) is 13.4. The summed E-state index contributed by atoms with van der Waals surface area (Å²) in [6.07, 6.45) is 1.01. The monoisotopic (exact) mass is 554 g/mol. The number of rotatable bonds is 6. The van der Waals surface area contributed by atoms with E-state index in [1.54, 1.807) is 40.7 Å². The average Bonchev–Trinajstić information content (AvgIpc) is 3.34. The lowest BCUT2D eigenvalue weighted by Gasteiger charge is -2.41. The van der Waals surface area contributed by atoms with Gasteiger partial charge in [-0.2, -0.15) is 0 Å². The molecule has 1 fully saturated rings. The van der Waals surface area contributed by atoms with Crippen molar-refractivity contribution in [2.24, 2.45) is 5.41 Å². The van der Waals surface area contributed by atoms with Crippen molar-refractivity contribution in [3.63, 3.8) is 0 Å². The smallest absolute Gasteiger partial charge is 0.407 e. The largest absolute Gasteiger partial charge is 0.494 e. The number of benzene rings is 1. The number of piperazine rings is 1. The molecule has 2 N–H and O–H groups in total. The number of nitrogens with one attached hydrogen (secondary N) is 1. The molecular formula is C29H38N4O7. The molecule has 11 heteroatoms. The standard InChI is InChI=1S/C29H38N4O7/c1-18(34)31-11-13-32(14-12-31)19-7-8-21(23(15-19)39-6)30-26(36)20-16-40-22-9-10-29(5,25(35)24(20)22)17-33(27(37)38)28(2,3)4/h7-8,15-16H,9-14,17H2,1-6H3,(H,30,36)(H,37,38). The number of methoxy groups -OCH3 is 1. The van der Waals surface area contributed by atoms with E-state index >= 15 is 0 Å². The Balaban J connectivity index is 1.53. The number of Topliss-reactive ketones (excluding diaryl/α,β-unsaturated/α-hetero) is 1. The van der Waals surface area contributed by atoms with E-state index in [1.807, 2.05) is 17.0 Å². The van der Waals surface area contributed by atoms with Crippen LogP contribution >= 0.6 is 0 Å². The molecule has 0 spiro atoms. The lowest BCUT2D eigenvalue weighted by atomic mass is 9.72. The Hall–Kier alpha value is -4.02. The Labute approximate surface area is 234 Å². The number of ketones is 1. The number of carbonyl (C=O) groups is 4. The lowest BCUT2D eigenvalue weighted by Crippen LogP contribution is -2.52. The molecule has 216 valence electrons. The van der Waals surface area contributed by atoms with Crippen LogP contribution in [-0.2, 0) is 11.2 Å². The first kappa shape index (κ1) is 29.0. The summed E-state index contributed by atoms with van der Waals surface area (Å²) >= 11 is 0. The van der Waals surface area contributed by atoms with Crippen molar-refractivity contribution >= 4 is 35.1 Å². The van der Waals surface area contributed by atoms with Crippen LogP contribution in [0, 0.1) is 5.41 Å². The third-order valence-corrected chi connectivity index (χ3v) is 7.86.